The van der Waals surface area contributed by atoms with E-state index in [9.17, 15) is 75.1 Å². The van der Waals surface area contributed by atoms with Crippen LogP contribution in [0.25, 0.3) is 0 Å². The first-order chi connectivity index (χ1) is 29.5. The first kappa shape index (κ1) is 54.0. The fourth-order valence-corrected chi connectivity index (χ4v) is 6.77. The summed E-state index contributed by atoms with van der Waals surface area (Å²) in [6, 6.07) is 7.11. The Morgan fingerprint density at radius 2 is 1.55 bits per heavy atom. The number of aliphatic carboxylic acids is 1. The molecule has 3 aromatic carbocycles. The molecule has 1 saturated carbocycles. The molecule has 1 fully saturated rings. The third kappa shape index (κ3) is 16.5. The molecule has 27 heteroatoms. The molecule has 0 saturated heterocycles. The number of esters is 2. The third-order valence-electron chi connectivity index (χ3n) is 8.28. The molecule has 0 aromatic heterocycles. The fourth-order valence-electron chi connectivity index (χ4n) is 5.15. The molecule has 4 rings (SSSR count). The van der Waals surface area contributed by atoms with Gasteiger partial charge in [0.05, 0.1) is 37.5 Å². The topological polar surface area (TPSA) is 334 Å². The molecule has 0 amide bonds. The first-order valence-electron chi connectivity index (χ1n) is 18.0. The SMILES string of the molecule is CCOC(=O)COC(=O)c1cc(Oc2ccc(C(F)(F)F)cc2Cl)ccc1[N+](=O)[O-].CP(=O)(O)CCC(N)C(=O)O.CS(=O)(=O)c1ccc(C(=O)C2C(=O)CCCC2=O)c([N+](=O)[O-])c1. The zero-order valence-corrected chi connectivity index (χ0v) is 36.0. The average molecular weight is 968 g/mol. The first-order valence-corrected chi connectivity index (χ1v) is 22.6. The smallest absolute Gasteiger partial charge is 0.416 e. The van der Waals surface area contributed by atoms with Gasteiger partial charge in [0.15, 0.2) is 41.2 Å². The normalized spacial score (nSPS) is 14.3. The van der Waals surface area contributed by atoms with Gasteiger partial charge in [0.25, 0.3) is 11.4 Å². The van der Waals surface area contributed by atoms with Crippen molar-refractivity contribution in [2.24, 2.45) is 11.7 Å². The van der Waals surface area contributed by atoms with Crippen molar-refractivity contribution >= 4 is 75.4 Å². The van der Waals surface area contributed by atoms with Crippen molar-refractivity contribution in [1.29, 1.82) is 0 Å². The fraction of sp³-hybridized carbons (Fsp3) is 0.351. The second-order valence-electron chi connectivity index (χ2n) is 13.4. The number of halogens is 4. The summed E-state index contributed by atoms with van der Waals surface area (Å²) >= 11 is 5.81. The van der Waals surface area contributed by atoms with Crippen molar-refractivity contribution in [3.63, 3.8) is 0 Å². The third-order valence-corrected chi connectivity index (χ3v) is 10.8. The lowest BCUT2D eigenvalue weighted by Gasteiger charge is -2.18. The van der Waals surface area contributed by atoms with Gasteiger partial charge in [-0.25, -0.2) is 18.0 Å². The molecule has 0 bridgehead atoms. The van der Waals surface area contributed by atoms with E-state index in [2.05, 4.69) is 4.74 Å². The van der Waals surface area contributed by atoms with Crippen molar-refractivity contribution in [1.82, 2.24) is 0 Å². The second-order valence-corrected chi connectivity index (χ2v) is 18.3. The maximum Gasteiger partial charge on any atom is 0.416 e. The summed E-state index contributed by atoms with van der Waals surface area (Å²) in [6.07, 6.45) is -3.24. The van der Waals surface area contributed by atoms with E-state index < -0.39 is 115 Å². The Balaban J connectivity index is 0.000000365. The monoisotopic (exact) mass is 967 g/mol. The van der Waals surface area contributed by atoms with E-state index in [1.54, 1.807) is 0 Å². The number of carbonyl (C=O) groups excluding carboxylic acids is 5. The van der Waals surface area contributed by atoms with E-state index in [1.165, 1.54) is 13.6 Å². The summed E-state index contributed by atoms with van der Waals surface area (Å²) < 4.78 is 86.4. The van der Waals surface area contributed by atoms with E-state index in [1.807, 2.05) is 0 Å². The van der Waals surface area contributed by atoms with E-state index in [4.69, 9.17) is 36.8 Å². The Morgan fingerprint density at radius 1 is 0.953 bits per heavy atom. The van der Waals surface area contributed by atoms with Crippen LogP contribution in [0.2, 0.25) is 5.02 Å². The number of rotatable bonds is 15. The summed E-state index contributed by atoms with van der Waals surface area (Å²) in [5.41, 5.74) is 1.76. The van der Waals surface area contributed by atoms with E-state index in [0.29, 0.717) is 12.5 Å². The number of nitro benzene ring substituents is 2. The van der Waals surface area contributed by atoms with Crippen molar-refractivity contribution in [2.45, 2.75) is 49.7 Å². The number of hydrogen-bond donors (Lipinski definition) is 3. The molecule has 0 spiro atoms. The Bertz CT molecular complexity index is 2460. The van der Waals surface area contributed by atoms with Crippen LogP contribution in [0.3, 0.4) is 0 Å². The molecule has 3 aromatic rings. The minimum absolute atomic E-state index is 0.0412. The number of Topliss-reactive ketones (excluding diaryl/α,β-unsaturated/α-hetero) is 3. The number of carboxylic acid groups (broad SMARTS) is 1. The Kier molecular flexibility index (Phi) is 19.4. The zero-order chi connectivity index (χ0) is 48.9. The molecule has 0 aliphatic heterocycles. The molecular formula is C37H38ClF3N3O18PS. The Morgan fingerprint density at radius 3 is 2.03 bits per heavy atom. The quantitative estimate of drug-likeness (QED) is 0.0417. The van der Waals surface area contributed by atoms with Crippen LogP contribution in [0.1, 0.15) is 58.9 Å². The standard InChI is InChI=1S/C18H13ClF3NO7.C14H13NO7S.C5H12NO4P/c1-2-28-16(24)9-29-17(25)12-8-11(4-5-14(12)23(26)27)30-15-6-3-10(7-13(15)19)18(20,21)22;1-23(21,22)8-5-6-9(10(7-8)15(19)20)14(18)13-11(16)3-2-4-12(13)17;1-11(9,10)3-2-4(6)5(7)8/h3-8H,2,9H2,1H3;5-7,13H,2-4H2,1H3;4H,2-3,6H2,1H3,(H,7,8)(H,9,10). The number of sulfone groups is 1. The number of ether oxygens (including phenoxy) is 3. The second kappa shape index (κ2) is 23.0. The number of carboxylic acids is 1. The van der Waals surface area contributed by atoms with E-state index in [-0.39, 0.29) is 53.4 Å². The minimum Gasteiger partial charge on any atom is -0.480 e. The van der Waals surface area contributed by atoms with Gasteiger partial charge in [-0.1, -0.05) is 11.6 Å². The largest absolute Gasteiger partial charge is 0.480 e. The lowest BCUT2D eigenvalue weighted by atomic mass is 9.81. The van der Waals surface area contributed by atoms with E-state index in [0.717, 1.165) is 54.8 Å². The molecule has 2 atom stereocenters. The molecule has 4 N–H and O–H groups in total. The minimum atomic E-state index is -4.61. The van der Waals surface area contributed by atoms with Crippen LogP contribution < -0.4 is 10.5 Å². The summed E-state index contributed by atoms with van der Waals surface area (Å²) in [7, 11) is -6.80. The van der Waals surface area contributed by atoms with Gasteiger partial charge in [0.1, 0.15) is 29.0 Å². The van der Waals surface area contributed by atoms with Crippen LogP contribution in [0.4, 0.5) is 24.5 Å². The predicted octanol–water partition coefficient (Wildman–Crippen LogP) is 5.59. The van der Waals surface area contributed by atoms with Crippen LogP contribution in [-0.4, -0.2) is 102 Å². The Hall–Kier alpha value is -6.14. The van der Waals surface area contributed by atoms with Crippen LogP contribution in [0.15, 0.2) is 59.5 Å². The van der Waals surface area contributed by atoms with Gasteiger partial charge in [-0.05, 0) is 56.2 Å². The van der Waals surface area contributed by atoms with Crippen LogP contribution in [-0.2, 0) is 49.2 Å². The average Bonchev–Trinajstić information content (AvgIpc) is 3.18. The van der Waals surface area contributed by atoms with Gasteiger partial charge in [-0.15, -0.1) is 0 Å². The van der Waals surface area contributed by atoms with Gasteiger partial charge in [0, 0.05) is 50.1 Å². The van der Waals surface area contributed by atoms with Gasteiger partial charge < -0.3 is 29.9 Å². The van der Waals surface area contributed by atoms with Crippen molar-refractivity contribution in [3.05, 3.63) is 96.5 Å². The lowest BCUT2D eigenvalue weighted by Crippen LogP contribution is -2.35. The highest BCUT2D eigenvalue weighted by Crippen LogP contribution is 2.38. The molecule has 1 aliphatic carbocycles. The van der Waals surface area contributed by atoms with Crippen LogP contribution in [0.5, 0.6) is 11.5 Å². The summed E-state index contributed by atoms with van der Waals surface area (Å²) in [5, 5.41) is 30.2. The highest BCUT2D eigenvalue weighted by atomic mass is 35.5. The molecule has 0 heterocycles. The van der Waals surface area contributed by atoms with Crippen LogP contribution in [0, 0.1) is 26.1 Å². The van der Waals surface area contributed by atoms with Gasteiger partial charge in [0.2, 0.25) is 0 Å². The summed E-state index contributed by atoms with van der Waals surface area (Å²) in [5.74, 6) is -7.11. The highest BCUT2D eigenvalue weighted by Gasteiger charge is 2.39. The predicted molar refractivity (Wildman–Crippen MR) is 215 cm³/mol. The van der Waals surface area contributed by atoms with Crippen molar-refractivity contribution in [2.75, 3.05) is 32.3 Å². The molecule has 0 radical (unpaired) electrons. The molecule has 64 heavy (non-hydrogen) atoms. The van der Waals surface area contributed by atoms with E-state index >= 15 is 0 Å². The van der Waals surface area contributed by atoms with Gasteiger partial charge >= 0.3 is 24.1 Å². The zero-order valence-electron chi connectivity index (χ0n) is 33.6. The summed E-state index contributed by atoms with van der Waals surface area (Å²) in [4.78, 5) is 98.6. The molecule has 2 unspecified atom stereocenters. The number of alkyl halides is 3. The maximum atomic E-state index is 12.7. The molecule has 348 valence electrons. The molecule has 21 nitrogen and oxygen atoms in total. The Labute approximate surface area is 365 Å². The highest BCUT2D eigenvalue weighted by molar-refractivity contribution is 7.90. The number of hydrogen-bond acceptors (Lipinski definition) is 17. The number of benzene rings is 3. The number of nitrogens with two attached hydrogens (primary N) is 1. The van der Waals surface area contributed by atoms with Gasteiger partial charge in [-0.2, -0.15) is 13.2 Å². The van der Waals surface area contributed by atoms with Crippen molar-refractivity contribution < 1.29 is 89.0 Å². The molecular weight excluding hydrogens is 930 g/mol. The number of ketones is 3. The number of nitro groups is 2. The molecule has 1 aliphatic rings. The summed E-state index contributed by atoms with van der Waals surface area (Å²) in [6.45, 7) is 2.01. The lowest BCUT2D eigenvalue weighted by molar-refractivity contribution is -0.385. The number of carbonyl (C=O) groups is 6. The van der Waals surface area contributed by atoms with Gasteiger partial charge in [-0.3, -0.25) is 44.0 Å². The van der Waals surface area contributed by atoms with Crippen LogP contribution >= 0.6 is 19.0 Å². The van der Waals surface area contributed by atoms with Crippen molar-refractivity contribution in [3.8, 4) is 11.5 Å². The maximum absolute atomic E-state index is 12.7. The number of nitrogens with zero attached hydrogens (tertiary/aromatic N) is 2.